The first kappa shape index (κ1) is 23.8. The van der Waals surface area contributed by atoms with Crippen LogP contribution in [0.2, 0.25) is 18.1 Å². The van der Waals surface area contributed by atoms with Crippen molar-refractivity contribution in [3.8, 4) is 17.2 Å². The summed E-state index contributed by atoms with van der Waals surface area (Å²) in [6, 6.07) is 9.41. The summed E-state index contributed by atoms with van der Waals surface area (Å²) in [5.41, 5.74) is 5.30. The largest absolute Gasteiger partial charge is 0.500 e. The molecule has 0 aliphatic carbocycles. The fourth-order valence-electron chi connectivity index (χ4n) is 2.96. The minimum absolute atomic E-state index is 0.00000516. The van der Waals surface area contributed by atoms with E-state index in [1.807, 2.05) is 18.2 Å². The molecule has 0 bridgehead atoms. The van der Waals surface area contributed by atoms with Crippen molar-refractivity contribution in [2.75, 3.05) is 14.2 Å². The van der Waals surface area contributed by atoms with Crippen molar-refractivity contribution < 1.29 is 19.0 Å². The second-order valence-electron chi connectivity index (χ2n) is 7.86. The highest BCUT2D eigenvalue weighted by atomic mass is 28.3. The summed E-state index contributed by atoms with van der Waals surface area (Å²) in [4.78, 5) is 12.0. The van der Waals surface area contributed by atoms with Crippen molar-refractivity contribution in [1.29, 1.82) is 0 Å². The van der Waals surface area contributed by atoms with Crippen LogP contribution in [0.4, 0.5) is 0 Å². The van der Waals surface area contributed by atoms with E-state index in [0.717, 1.165) is 29.3 Å². The normalized spacial score (nSPS) is 12.1. The van der Waals surface area contributed by atoms with Gasteiger partial charge in [-0.2, -0.15) is 0 Å². The smallest absolute Gasteiger partial charge is 0.377 e. The van der Waals surface area contributed by atoms with E-state index in [1.165, 1.54) is 20.5 Å². The highest BCUT2D eigenvalue weighted by Gasteiger charge is 2.25. The van der Waals surface area contributed by atoms with Crippen molar-refractivity contribution in [3.05, 3.63) is 41.3 Å². The monoisotopic (exact) mass is 402 g/mol. The SMILES string of the molecule is CC[Si](C#Cc1ccc(C(C)(C)C)c(O/C(=C\OC)C(=O)OC)c1)(CC)CC. The van der Waals surface area contributed by atoms with Gasteiger partial charge in [0, 0.05) is 11.1 Å². The standard InChI is InChI=1S/C23H34O4Si/c1-9-28(10-2,11-3)15-14-18-12-13-19(23(4,5)6)20(16-18)27-21(17-25-7)22(24)26-8/h12-13,16-17H,9-11H2,1-8H3/b21-17-. The minimum Gasteiger partial charge on any atom is -0.500 e. The minimum atomic E-state index is -1.54. The predicted octanol–water partition coefficient (Wildman–Crippen LogP) is 5.42. The molecule has 0 heterocycles. The number of carbonyl (C=O) groups excluding carboxylic acids is 1. The Morgan fingerprint density at radius 3 is 2.18 bits per heavy atom. The molecule has 0 radical (unpaired) electrons. The molecule has 28 heavy (non-hydrogen) atoms. The number of ether oxygens (including phenoxy) is 3. The molecule has 0 aliphatic heterocycles. The fraction of sp³-hybridized carbons (Fsp3) is 0.522. The first-order chi connectivity index (χ1) is 13.2. The van der Waals surface area contributed by atoms with E-state index in [9.17, 15) is 4.79 Å². The zero-order valence-corrected chi connectivity index (χ0v) is 19.6. The topological polar surface area (TPSA) is 44.8 Å². The van der Waals surface area contributed by atoms with Gasteiger partial charge in [-0.05, 0) is 35.7 Å². The molecule has 5 heteroatoms. The molecule has 0 unspecified atom stereocenters. The molecule has 1 aromatic rings. The van der Waals surface area contributed by atoms with E-state index in [2.05, 4.69) is 53.0 Å². The van der Waals surface area contributed by atoms with Crippen LogP contribution in [0.1, 0.15) is 52.7 Å². The van der Waals surface area contributed by atoms with Crippen molar-refractivity contribution >= 4 is 14.0 Å². The molecule has 0 saturated heterocycles. The average molecular weight is 403 g/mol. The van der Waals surface area contributed by atoms with E-state index >= 15 is 0 Å². The van der Waals surface area contributed by atoms with Gasteiger partial charge in [-0.15, -0.1) is 5.54 Å². The molecule has 1 rings (SSSR count). The van der Waals surface area contributed by atoms with Gasteiger partial charge in [0.15, 0.2) is 0 Å². The summed E-state index contributed by atoms with van der Waals surface area (Å²) < 4.78 is 15.7. The molecule has 0 aliphatic rings. The Morgan fingerprint density at radius 1 is 1.11 bits per heavy atom. The number of hydrogen-bond acceptors (Lipinski definition) is 4. The van der Waals surface area contributed by atoms with Gasteiger partial charge in [-0.1, -0.05) is 53.5 Å². The lowest BCUT2D eigenvalue weighted by atomic mass is 9.86. The first-order valence-electron chi connectivity index (χ1n) is 9.83. The van der Waals surface area contributed by atoms with Gasteiger partial charge in [-0.25, -0.2) is 4.79 Å². The van der Waals surface area contributed by atoms with Gasteiger partial charge in [0.05, 0.1) is 14.2 Å². The van der Waals surface area contributed by atoms with Gasteiger partial charge in [-0.3, -0.25) is 0 Å². The number of hydrogen-bond donors (Lipinski definition) is 0. The molecule has 1 aromatic carbocycles. The zero-order chi connectivity index (χ0) is 21.4. The summed E-state index contributed by atoms with van der Waals surface area (Å²) in [5, 5.41) is 0. The second-order valence-corrected chi connectivity index (χ2v) is 12.8. The predicted molar refractivity (Wildman–Crippen MR) is 117 cm³/mol. The number of carbonyl (C=O) groups is 1. The van der Waals surface area contributed by atoms with Crippen LogP contribution in [0.25, 0.3) is 0 Å². The van der Waals surface area contributed by atoms with Crippen LogP contribution in [0.5, 0.6) is 5.75 Å². The Balaban J connectivity index is 3.43. The third-order valence-electron chi connectivity index (χ3n) is 5.12. The molecule has 0 saturated carbocycles. The lowest BCUT2D eigenvalue weighted by molar-refractivity contribution is -0.138. The van der Waals surface area contributed by atoms with E-state index < -0.39 is 14.0 Å². The molecule has 0 atom stereocenters. The van der Waals surface area contributed by atoms with E-state index in [0.29, 0.717) is 5.75 Å². The van der Waals surface area contributed by atoms with E-state index in [1.54, 1.807) is 0 Å². The van der Waals surface area contributed by atoms with Crippen LogP contribution in [0, 0.1) is 11.5 Å². The van der Waals surface area contributed by atoms with Crippen molar-refractivity contribution in [1.82, 2.24) is 0 Å². The Morgan fingerprint density at radius 2 is 1.71 bits per heavy atom. The summed E-state index contributed by atoms with van der Waals surface area (Å²) in [6.07, 6.45) is 1.25. The number of benzene rings is 1. The third kappa shape index (κ3) is 6.17. The van der Waals surface area contributed by atoms with Gasteiger partial charge in [0.1, 0.15) is 20.1 Å². The molecule has 0 amide bonds. The maximum Gasteiger partial charge on any atom is 0.377 e. The number of esters is 1. The van der Waals surface area contributed by atoms with E-state index in [4.69, 9.17) is 14.2 Å². The molecule has 0 N–H and O–H groups in total. The Kier molecular flexibility index (Phi) is 8.84. The fourth-order valence-corrected chi connectivity index (χ4v) is 5.40. The Labute approximate surface area is 171 Å². The van der Waals surface area contributed by atoms with Crippen molar-refractivity contribution in [2.24, 2.45) is 0 Å². The highest BCUT2D eigenvalue weighted by Crippen LogP contribution is 2.33. The summed E-state index contributed by atoms with van der Waals surface area (Å²) in [7, 11) is 1.23. The number of methoxy groups -OCH3 is 2. The van der Waals surface area contributed by atoms with Crippen LogP contribution in [-0.4, -0.2) is 28.3 Å². The molecular formula is C23H34O4Si. The van der Waals surface area contributed by atoms with Gasteiger partial charge in [0.25, 0.3) is 0 Å². The maximum atomic E-state index is 12.0. The van der Waals surface area contributed by atoms with Gasteiger partial charge in [0.2, 0.25) is 5.76 Å². The lowest BCUT2D eigenvalue weighted by Crippen LogP contribution is -2.29. The van der Waals surface area contributed by atoms with Gasteiger partial charge < -0.3 is 14.2 Å². The molecule has 154 valence electrons. The molecule has 4 nitrogen and oxygen atoms in total. The van der Waals surface area contributed by atoms with Gasteiger partial charge >= 0.3 is 5.97 Å². The van der Waals surface area contributed by atoms with Crippen LogP contribution in [0.15, 0.2) is 30.2 Å². The lowest BCUT2D eigenvalue weighted by Gasteiger charge is -2.23. The third-order valence-corrected chi connectivity index (χ3v) is 9.84. The Hall–Kier alpha value is -2.19. The quantitative estimate of drug-likeness (QED) is 0.201. The molecular weight excluding hydrogens is 368 g/mol. The average Bonchev–Trinajstić information content (AvgIpc) is 2.67. The first-order valence-corrected chi connectivity index (χ1v) is 12.4. The molecule has 0 spiro atoms. The van der Waals surface area contributed by atoms with Crippen LogP contribution >= 0.6 is 0 Å². The molecule has 0 aromatic heterocycles. The van der Waals surface area contributed by atoms with Crippen LogP contribution in [0.3, 0.4) is 0 Å². The van der Waals surface area contributed by atoms with Crippen LogP contribution in [-0.2, 0) is 19.7 Å². The van der Waals surface area contributed by atoms with Crippen LogP contribution < -0.4 is 4.74 Å². The Bertz CT molecular complexity index is 751. The molecule has 0 fully saturated rings. The van der Waals surface area contributed by atoms with E-state index in [-0.39, 0.29) is 11.2 Å². The summed E-state index contributed by atoms with van der Waals surface area (Å²) >= 11 is 0. The second kappa shape index (κ2) is 10.4. The highest BCUT2D eigenvalue weighted by molar-refractivity contribution is 6.87. The zero-order valence-electron chi connectivity index (χ0n) is 18.6. The number of rotatable bonds is 7. The summed E-state index contributed by atoms with van der Waals surface area (Å²) in [6.45, 7) is 13.0. The van der Waals surface area contributed by atoms with Crippen molar-refractivity contribution in [3.63, 3.8) is 0 Å². The maximum absolute atomic E-state index is 12.0. The van der Waals surface area contributed by atoms with Crippen molar-refractivity contribution in [2.45, 2.75) is 65.1 Å². The summed E-state index contributed by atoms with van der Waals surface area (Å²) in [5.74, 6) is 3.37.